The number of nitrogens with one attached hydrogen (secondary N) is 1. The second kappa shape index (κ2) is 5.80. The molecule has 3 nitrogen and oxygen atoms in total. The highest BCUT2D eigenvalue weighted by atomic mass is 79.9. The molecule has 1 aromatic carbocycles. The van der Waals surface area contributed by atoms with Crippen molar-refractivity contribution in [1.82, 2.24) is 10.2 Å². The van der Waals surface area contributed by atoms with Gasteiger partial charge in [-0.25, -0.2) is 4.39 Å². The van der Waals surface area contributed by atoms with Gasteiger partial charge < -0.3 is 10.2 Å². The second-order valence-electron chi connectivity index (χ2n) is 4.62. The van der Waals surface area contributed by atoms with E-state index in [1.807, 2.05) is 4.90 Å². The summed E-state index contributed by atoms with van der Waals surface area (Å²) in [7, 11) is 0. The molecule has 1 aliphatic heterocycles. The molecule has 0 radical (unpaired) electrons. The van der Waals surface area contributed by atoms with Crippen molar-refractivity contribution in [3.63, 3.8) is 0 Å². The normalized spacial score (nSPS) is 19.9. The fourth-order valence-corrected chi connectivity index (χ4v) is 2.34. The topological polar surface area (TPSA) is 32.3 Å². The number of amides is 1. The summed E-state index contributed by atoms with van der Waals surface area (Å²) >= 11 is 3.10. The Morgan fingerprint density at radius 3 is 3.06 bits per heavy atom. The van der Waals surface area contributed by atoms with Crippen molar-refractivity contribution < 1.29 is 9.18 Å². The summed E-state index contributed by atoms with van der Waals surface area (Å²) in [6.07, 6.45) is 0.261. The van der Waals surface area contributed by atoms with Crippen LogP contribution >= 0.6 is 15.9 Å². The number of piperazine rings is 1. The van der Waals surface area contributed by atoms with Gasteiger partial charge in [0, 0.05) is 25.7 Å². The van der Waals surface area contributed by atoms with Gasteiger partial charge in [-0.2, -0.15) is 0 Å². The van der Waals surface area contributed by atoms with Crippen molar-refractivity contribution in [2.24, 2.45) is 0 Å². The first-order valence-electron chi connectivity index (χ1n) is 6.01. The lowest BCUT2D eigenvalue weighted by Gasteiger charge is -2.32. The SMILES string of the molecule is CC1CN(C(=O)Cc2ccc(Br)c(F)c2)CCN1. The maximum absolute atomic E-state index is 13.4. The molecule has 0 saturated carbocycles. The van der Waals surface area contributed by atoms with E-state index in [0.717, 1.165) is 19.6 Å². The Morgan fingerprint density at radius 2 is 2.39 bits per heavy atom. The van der Waals surface area contributed by atoms with E-state index < -0.39 is 0 Å². The van der Waals surface area contributed by atoms with Crippen LogP contribution < -0.4 is 5.32 Å². The molecule has 1 unspecified atom stereocenters. The van der Waals surface area contributed by atoms with Gasteiger partial charge in [0.25, 0.3) is 0 Å². The minimum Gasteiger partial charge on any atom is -0.340 e. The minimum absolute atomic E-state index is 0.0603. The van der Waals surface area contributed by atoms with Crippen molar-refractivity contribution in [2.45, 2.75) is 19.4 Å². The molecule has 18 heavy (non-hydrogen) atoms. The number of hydrogen-bond acceptors (Lipinski definition) is 2. The molecule has 0 aromatic heterocycles. The first kappa shape index (κ1) is 13.5. The molecule has 1 aliphatic rings. The van der Waals surface area contributed by atoms with Crippen molar-refractivity contribution in [1.29, 1.82) is 0 Å². The Balaban J connectivity index is 2.00. The molecule has 98 valence electrons. The van der Waals surface area contributed by atoms with Crippen LogP contribution in [0.5, 0.6) is 0 Å². The van der Waals surface area contributed by atoms with E-state index in [-0.39, 0.29) is 18.1 Å². The number of benzene rings is 1. The fourth-order valence-electron chi connectivity index (χ4n) is 2.09. The van der Waals surface area contributed by atoms with Gasteiger partial charge in [-0.1, -0.05) is 6.07 Å². The monoisotopic (exact) mass is 314 g/mol. The molecule has 1 atom stereocenters. The number of carbonyl (C=O) groups excluding carboxylic acids is 1. The molecule has 0 spiro atoms. The Bertz CT molecular complexity index is 453. The van der Waals surface area contributed by atoms with Gasteiger partial charge in [0.1, 0.15) is 5.82 Å². The summed E-state index contributed by atoms with van der Waals surface area (Å²) in [5, 5.41) is 3.29. The van der Waals surface area contributed by atoms with Crippen LogP contribution in [-0.4, -0.2) is 36.5 Å². The van der Waals surface area contributed by atoms with Crippen molar-refractivity contribution in [3.05, 3.63) is 34.1 Å². The largest absolute Gasteiger partial charge is 0.340 e. The third kappa shape index (κ3) is 3.29. The molecule has 5 heteroatoms. The summed E-state index contributed by atoms with van der Waals surface area (Å²) in [5.74, 6) is -0.265. The zero-order valence-corrected chi connectivity index (χ0v) is 11.8. The van der Waals surface area contributed by atoms with E-state index in [1.54, 1.807) is 12.1 Å². The predicted octanol–water partition coefficient (Wildman–Crippen LogP) is 1.95. The average Bonchev–Trinajstić information content (AvgIpc) is 2.34. The lowest BCUT2D eigenvalue weighted by atomic mass is 10.1. The number of rotatable bonds is 2. The van der Waals surface area contributed by atoms with E-state index in [9.17, 15) is 9.18 Å². The van der Waals surface area contributed by atoms with E-state index >= 15 is 0 Å². The minimum atomic E-state index is -0.325. The van der Waals surface area contributed by atoms with Gasteiger partial charge in [-0.15, -0.1) is 0 Å². The highest BCUT2D eigenvalue weighted by molar-refractivity contribution is 9.10. The molecule has 1 heterocycles. The summed E-state index contributed by atoms with van der Waals surface area (Å²) in [6, 6.07) is 5.15. The van der Waals surface area contributed by atoms with Gasteiger partial charge in [-0.05, 0) is 40.5 Å². The molecule has 1 amide bonds. The number of nitrogens with zero attached hydrogens (tertiary/aromatic N) is 1. The summed E-state index contributed by atoms with van der Waals surface area (Å²) in [5.41, 5.74) is 0.715. The van der Waals surface area contributed by atoms with Gasteiger partial charge >= 0.3 is 0 Å². The average molecular weight is 315 g/mol. The van der Waals surface area contributed by atoms with E-state index in [1.165, 1.54) is 6.07 Å². The van der Waals surface area contributed by atoms with E-state index in [0.29, 0.717) is 16.1 Å². The Hall–Kier alpha value is -0.940. The lowest BCUT2D eigenvalue weighted by Crippen LogP contribution is -2.51. The summed E-state index contributed by atoms with van der Waals surface area (Å²) in [4.78, 5) is 13.9. The predicted molar refractivity (Wildman–Crippen MR) is 71.8 cm³/mol. The fraction of sp³-hybridized carbons (Fsp3) is 0.462. The third-order valence-electron chi connectivity index (χ3n) is 3.06. The summed E-state index contributed by atoms with van der Waals surface area (Å²) in [6.45, 7) is 4.32. The van der Waals surface area contributed by atoms with Crippen molar-refractivity contribution in [2.75, 3.05) is 19.6 Å². The molecule has 1 saturated heterocycles. The molecule has 2 rings (SSSR count). The maximum atomic E-state index is 13.4. The molecule has 1 aromatic rings. The Morgan fingerprint density at radius 1 is 1.61 bits per heavy atom. The van der Waals surface area contributed by atoms with Gasteiger partial charge in [0.05, 0.1) is 10.9 Å². The quantitative estimate of drug-likeness (QED) is 0.905. The lowest BCUT2D eigenvalue weighted by molar-refractivity contribution is -0.131. The smallest absolute Gasteiger partial charge is 0.227 e. The van der Waals surface area contributed by atoms with Crippen LogP contribution in [-0.2, 0) is 11.2 Å². The zero-order valence-electron chi connectivity index (χ0n) is 10.2. The van der Waals surface area contributed by atoms with Crippen LogP contribution in [0.3, 0.4) is 0 Å². The maximum Gasteiger partial charge on any atom is 0.227 e. The van der Waals surface area contributed by atoms with Crippen LogP contribution in [0.2, 0.25) is 0 Å². The van der Waals surface area contributed by atoms with Crippen molar-refractivity contribution >= 4 is 21.8 Å². The van der Waals surface area contributed by atoms with Crippen LogP contribution in [0.15, 0.2) is 22.7 Å². The molecule has 1 N–H and O–H groups in total. The van der Waals surface area contributed by atoms with Gasteiger partial charge in [0.2, 0.25) is 5.91 Å². The molecular formula is C13H16BrFN2O. The van der Waals surface area contributed by atoms with E-state index in [4.69, 9.17) is 0 Å². The van der Waals surface area contributed by atoms with Gasteiger partial charge in [-0.3, -0.25) is 4.79 Å². The number of carbonyl (C=O) groups is 1. The highest BCUT2D eigenvalue weighted by Crippen LogP contribution is 2.17. The Labute approximate surface area is 114 Å². The van der Waals surface area contributed by atoms with Crippen molar-refractivity contribution in [3.8, 4) is 0 Å². The molecule has 0 aliphatic carbocycles. The third-order valence-corrected chi connectivity index (χ3v) is 3.70. The standard InChI is InChI=1S/C13H16BrFN2O/c1-9-8-17(5-4-16-9)13(18)7-10-2-3-11(14)12(15)6-10/h2-3,6,9,16H,4-5,7-8H2,1H3. The van der Waals surface area contributed by atoms with E-state index in [2.05, 4.69) is 28.2 Å². The molecule has 0 bridgehead atoms. The van der Waals surface area contributed by atoms with Crippen LogP contribution in [0.25, 0.3) is 0 Å². The second-order valence-corrected chi connectivity index (χ2v) is 5.47. The van der Waals surface area contributed by atoms with Gasteiger partial charge in [0.15, 0.2) is 0 Å². The highest BCUT2D eigenvalue weighted by Gasteiger charge is 2.20. The molecular weight excluding hydrogens is 299 g/mol. The summed E-state index contributed by atoms with van der Waals surface area (Å²) < 4.78 is 13.8. The number of halogens is 2. The first-order chi connectivity index (χ1) is 8.56. The zero-order chi connectivity index (χ0) is 13.1. The Kier molecular flexibility index (Phi) is 4.35. The van der Waals surface area contributed by atoms with Crippen LogP contribution in [0.4, 0.5) is 4.39 Å². The number of hydrogen-bond donors (Lipinski definition) is 1. The molecule has 1 fully saturated rings. The van der Waals surface area contributed by atoms with Crippen LogP contribution in [0.1, 0.15) is 12.5 Å². The first-order valence-corrected chi connectivity index (χ1v) is 6.80. The van der Waals surface area contributed by atoms with Crippen LogP contribution in [0, 0.1) is 5.82 Å².